The molecule has 4 saturated carbocycles. The number of ether oxygens (including phenoxy) is 1. The fraction of sp³-hybridized carbons (Fsp3) is 0.926. The quantitative estimate of drug-likeness (QED) is 0.552. The van der Waals surface area contributed by atoms with E-state index in [2.05, 4.69) is 13.0 Å². The van der Waals surface area contributed by atoms with Gasteiger partial charge in [-0.1, -0.05) is 19.8 Å². The molecule has 0 radical (unpaired) electrons. The second kappa shape index (κ2) is 15.7. The molecular weight excluding hydrogens is 434 g/mol. The number of esters is 1. The molecule has 0 spiro atoms. The zero-order valence-electron chi connectivity index (χ0n) is 21.2. The van der Waals surface area contributed by atoms with Crippen molar-refractivity contribution in [2.45, 2.75) is 116 Å². The minimum absolute atomic E-state index is 0. The second-order valence-corrected chi connectivity index (χ2v) is 11.3. The number of nitrogens with zero attached hydrogens (tertiary/aromatic N) is 1. The van der Waals surface area contributed by atoms with Gasteiger partial charge in [0.2, 0.25) is 0 Å². The van der Waals surface area contributed by atoms with E-state index < -0.39 is 0 Å². The number of hydrogen-bond donors (Lipinski definition) is 0. The Morgan fingerprint density at radius 1 is 0.618 bits per heavy atom. The number of carbonyl (C=O) groups is 1. The minimum Gasteiger partial charge on any atom is -0.462 e. The number of carbonyl (C=O) groups excluding carboxylic acids is 1. The van der Waals surface area contributed by atoms with Crippen molar-refractivity contribution in [1.29, 1.82) is 5.26 Å². The first-order valence-electron chi connectivity index (χ1n) is 13.2. The van der Waals surface area contributed by atoms with Crippen molar-refractivity contribution in [3.05, 3.63) is 0 Å². The molecule has 0 aromatic heterocycles. The van der Waals surface area contributed by atoms with Crippen LogP contribution < -0.4 is 0 Å². The van der Waals surface area contributed by atoms with Crippen LogP contribution in [-0.2, 0) is 9.53 Å². The van der Waals surface area contributed by atoms with E-state index in [9.17, 15) is 4.79 Å². The van der Waals surface area contributed by atoms with Crippen molar-refractivity contribution in [3.8, 4) is 6.07 Å². The van der Waals surface area contributed by atoms with Crippen LogP contribution in [0.1, 0.15) is 110 Å². The third-order valence-electron chi connectivity index (χ3n) is 9.46. The Hall–Kier alpha value is -1.20. The summed E-state index contributed by atoms with van der Waals surface area (Å²) in [4.78, 5) is 12.8. The lowest BCUT2D eigenvalue weighted by atomic mass is 9.69. The van der Waals surface area contributed by atoms with Gasteiger partial charge in [-0.25, -0.2) is 0 Å². The maximum atomic E-state index is 12.8. The Bertz CT molecular complexity index is 591. The van der Waals surface area contributed by atoms with E-state index in [4.69, 9.17) is 10.00 Å². The summed E-state index contributed by atoms with van der Waals surface area (Å²) in [6, 6.07) is 2.45. The second-order valence-electron chi connectivity index (χ2n) is 11.3. The molecule has 7 nitrogen and oxygen atoms in total. The van der Waals surface area contributed by atoms with Crippen LogP contribution in [0, 0.1) is 52.8 Å². The van der Waals surface area contributed by atoms with E-state index in [1.807, 2.05) is 0 Å². The molecule has 0 atom stereocenters. The van der Waals surface area contributed by atoms with Gasteiger partial charge in [-0.3, -0.25) is 4.79 Å². The van der Waals surface area contributed by atoms with Crippen molar-refractivity contribution in [2.75, 3.05) is 0 Å². The lowest BCUT2D eigenvalue weighted by molar-refractivity contribution is -0.158. The third-order valence-corrected chi connectivity index (χ3v) is 9.46. The summed E-state index contributed by atoms with van der Waals surface area (Å²) in [5, 5.41) is 9.11. The lowest BCUT2D eigenvalue weighted by Gasteiger charge is -2.38. The summed E-state index contributed by atoms with van der Waals surface area (Å²) in [6.07, 6.45) is 19.7. The molecule has 0 saturated heterocycles. The Labute approximate surface area is 206 Å². The fourth-order valence-electron chi connectivity index (χ4n) is 7.24. The number of hydrogen-bond acceptors (Lipinski definition) is 3. The predicted molar refractivity (Wildman–Crippen MR) is 134 cm³/mol. The van der Waals surface area contributed by atoms with Gasteiger partial charge >= 0.3 is 5.97 Å². The van der Waals surface area contributed by atoms with Gasteiger partial charge in [-0.15, -0.1) is 0 Å². The maximum absolute atomic E-state index is 12.8. The first-order valence-corrected chi connectivity index (χ1v) is 13.2. The Morgan fingerprint density at radius 3 is 1.44 bits per heavy atom. The first kappa shape index (κ1) is 32.8. The molecule has 34 heavy (non-hydrogen) atoms. The largest absolute Gasteiger partial charge is 0.462 e. The van der Waals surface area contributed by atoms with Gasteiger partial charge in [0.1, 0.15) is 6.10 Å². The predicted octanol–water partition coefficient (Wildman–Crippen LogP) is 3.75. The molecule has 0 bridgehead atoms. The molecule has 7 heteroatoms. The molecule has 0 heterocycles. The van der Waals surface area contributed by atoms with Crippen LogP contribution in [0.3, 0.4) is 0 Å². The van der Waals surface area contributed by atoms with Gasteiger partial charge in [0.05, 0.1) is 12.0 Å². The van der Waals surface area contributed by atoms with Crippen LogP contribution in [0.4, 0.5) is 0 Å². The van der Waals surface area contributed by atoms with Gasteiger partial charge in [-0.05, 0) is 119 Å². The molecule has 200 valence electrons. The van der Waals surface area contributed by atoms with Crippen LogP contribution in [0.25, 0.3) is 0 Å². The molecule has 8 N–H and O–H groups in total. The summed E-state index contributed by atoms with van der Waals surface area (Å²) < 4.78 is 6.01. The summed E-state index contributed by atoms with van der Waals surface area (Å²) >= 11 is 0. The minimum atomic E-state index is 0. The van der Waals surface area contributed by atoms with E-state index in [1.54, 1.807) is 0 Å². The van der Waals surface area contributed by atoms with E-state index in [1.165, 1.54) is 64.2 Å². The maximum Gasteiger partial charge on any atom is 0.309 e. The summed E-state index contributed by atoms with van der Waals surface area (Å²) in [7, 11) is 0. The molecule has 0 aromatic carbocycles. The van der Waals surface area contributed by atoms with Crippen molar-refractivity contribution in [2.24, 2.45) is 41.4 Å². The van der Waals surface area contributed by atoms with E-state index in [0.29, 0.717) is 5.92 Å². The van der Waals surface area contributed by atoms with Gasteiger partial charge < -0.3 is 26.6 Å². The van der Waals surface area contributed by atoms with Crippen LogP contribution in [0.5, 0.6) is 0 Å². The van der Waals surface area contributed by atoms with Crippen molar-refractivity contribution >= 4 is 5.97 Å². The summed E-state index contributed by atoms with van der Waals surface area (Å²) in [5.41, 5.74) is 0. The molecule has 0 aliphatic heterocycles. The molecule has 0 unspecified atom stereocenters. The van der Waals surface area contributed by atoms with E-state index in [-0.39, 0.29) is 39.9 Å². The molecule has 4 rings (SSSR count). The Kier molecular flexibility index (Phi) is 15.2. The SMILES string of the molecule is CC1CCC(C2CCC(C(=O)OC3CCC(C4CCC(C#N)CC4)CC3)CC2)CC1.O.O.O.O. The van der Waals surface area contributed by atoms with Crippen molar-refractivity contribution in [3.63, 3.8) is 0 Å². The number of rotatable bonds is 4. The van der Waals surface area contributed by atoms with Gasteiger partial charge in [-0.2, -0.15) is 5.26 Å². The smallest absolute Gasteiger partial charge is 0.309 e. The monoisotopic (exact) mass is 485 g/mol. The lowest BCUT2D eigenvalue weighted by Crippen LogP contribution is -2.33. The summed E-state index contributed by atoms with van der Waals surface area (Å²) in [5.74, 6) is 4.92. The molecule has 0 aromatic rings. The van der Waals surface area contributed by atoms with Gasteiger partial charge in [0.25, 0.3) is 0 Å². The first-order chi connectivity index (χ1) is 14.6. The van der Waals surface area contributed by atoms with Crippen LogP contribution in [0.15, 0.2) is 0 Å². The average Bonchev–Trinajstić information content (AvgIpc) is 2.80. The highest BCUT2D eigenvalue weighted by atomic mass is 16.5. The molecule has 4 aliphatic rings. The zero-order valence-corrected chi connectivity index (χ0v) is 21.2. The number of nitriles is 1. The Balaban J connectivity index is 0.00000272. The molecule has 4 fully saturated rings. The standard InChI is InChI=1S/C27H43NO2.4H2O/c1-19-2-6-21(7-3-19)23-10-12-25(13-11-23)27(29)30-26-16-14-24(15-17-26)22-8-4-20(18-28)5-9-22;;;;/h19-26H,2-17H2,1H3;4*1H2. The molecule has 4 aliphatic carbocycles. The van der Waals surface area contributed by atoms with Crippen LogP contribution in [0.2, 0.25) is 0 Å². The Morgan fingerprint density at radius 2 is 1.00 bits per heavy atom. The highest BCUT2D eigenvalue weighted by Crippen LogP contribution is 2.43. The highest BCUT2D eigenvalue weighted by molar-refractivity contribution is 5.72. The van der Waals surface area contributed by atoms with Crippen molar-refractivity contribution in [1.82, 2.24) is 0 Å². The highest BCUT2D eigenvalue weighted by Gasteiger charge is 2.35. The average molecular weight is 486 g/mol. The van der Waals surface area contributed by atoms with Gasteiger partial charge in [0.15, 0.2) is 0 Å². The van der Waals surface area contributed by atoms with E-state index in [0.717, 1.165) is 68.1 Å². The van der Waals surface area contributed by atoms with Crippen molar-refractivity contribution < 1.29 is 31.4 Å². The fourth-order valence-corrected chi connectivity index (χ4v) is 7.24. The topological polar surface area (TPSA) is 176 Å². The zero-order chi connectivity index (χ0) is 20.9. The van der Waals surface area contributed by atoms with Crippen LogP contribution >= 0.6 is 0 Å². The normalized spacial score (nSPS) is 37.8. The van der Waals surface area contributed by atoms with E-state index >= 15 is 0 Å². The summed E-state index contributed by atoms with van der Waals surface area (Å²) in [6.45, 7) is 2.40. The van der Waals surface area contributed by atoms with Gasteiger partial charge in [0, 0.05) is 5.92 Å². The third kappa shape index (κ3) is 8.48. The molecule has 0 amide bonds. The van der Waals surface area contributed by atoms with Crippen LogP contribution in [-0.4, -0.2) is 34.0 Å². The molecular formula is C27H51NO6.